The molecule has 2 aliphatic heterocycles. The molecular weight excluding hydrogens is 366 g/mol. The van der Waals surface area contributed by atoms with Crippen molar-refractivity contribution in [2.45, 2.75) is 32.7 Å². The Labute approximate surface area is 170 Å². The predicted molar refractivity (Wildman–Crippen MR) is 111 cm³/mol. The van der Waals surface area contributed by atoms with Crippen molar-refractivity contribution in [2.24, 2.45) is 11.8 Å². The lowest BCUT2D eigenvalue weighted by atomic mass is 9.88. The Morgan fingerprint density at radius 2 is 1.72 bits per heavy atom. The molecule has 0 bridgehead atoms. The molecule has 2 heterocycles. The number of piperidine rings is 1. The molecule has 2 aromatic rings. The van der Waals surface area contributed by atoms with E-state index in [2.05, 4.69) is 19.2 Å². The zero-order valence-electron chi connectivity index (χ0n) is 17.1. The van der Waals surface area contributed by atoms with Crippen LogP contribution in [0.25, 0.3) is 10.8 Å². The first kappa shape index (κ1) is 19.4. The van der Waals surface area contributed by atoms with E-state index in [0.717, 1.165) is 27.7 Å². The number of benzene rings is 2. The first-order chi connectivity index (χ1) is 13.8. The SMILES string of the molecule is C[C@H]1C[C@H](C)CN(C(=O)CN2C(=O)N[C@](C)(c3cccc4ccccc34)C2=O)C1. The van der Waals surface area contributed by atoms with Crippen LogP contribution in [-0.2, 0) is 15.1 Å². The maximum atomic E-state index is 13.3. The smallest absolute Gasteiger partial charge is 0.325 e. The third-order valence-electron chi connectivity index (χ3n) is 6.12. The van der Waals surface area contributed by atoms with E-state index in [9.17, 15) is 14.4 Å². The van der Waals surface area contributed by atoms with Gasteiger partial charge in [0.2, 0.25) is 5.91 Å². The number of imide groups is 1. The molecule has 0 radical (unpaired) electrons. The van der Waals surface area contributed by atoms with E-state index >= 15 is 0 Å². The molecule has 0 aliphatic carbocycles. The number of amides is 4. The minimum absolute atomic E-state index is 0.172. The van der Waals surface area contributed by atoms with Crippen LogP contribution in [-0.4, -0.2) is 47.3 Å². The molecule has 4 rings (SSSR count). The summed E-state index contributed by atoms with van der Waals surface area (Å²) in [6, 6.07) is 13.0. The summed E-state index contributed by atoms with van der Waals surface area (Å²) in [6.07, 6.45) is 1.09. The fourth-order valence-electron chi connectivity index (χ4n) is 4.79. The number of urea groups is 1. The first-order valence-electron chi connectivity index (χ1n) is 10.2. The van der Waals surface area contributed by atoms with Gasteiger partial charge in [0.15, 0.2) is 0 Å². The molecule has 0 saturated carbocycles. The predicted octanol–water partition coefficient (Wildman–Crippen LogP) is 3.11. The molecule has 29 heavy (non-hydrogen) atoms. The Kier molecular flexibility index (Phi) is 4.81. The molecule has 2 aliphatic rings. The second kappa shape index (κ2) is 7.17. The Balaban J connectivity index is 1.59. The number of likely N-dealkylation sites (tertiary alicyclic amines) is 1. The van der Waals surface area contributed by atoms with Crippen LogP contribution in [0.1, 0.15) is 32.8 Å². The van der Waals surface area contributed by atoms with Gasteiger partial charge in [-0.2, -0.15) is 0 Å². The maximum Gasteiger partial charge on any atom is 0.325 e. The van der Waals surface area contributed by atoms with Gasteiger partial charge >= 0.3 is 6.03 Å². The molecule has 3 atom stereocenters. The van der Waals surface area contributed by atoms with Crippen LogP contribution in [0.5, 0.6) is 0 Å². The lowest BCUT2D eigenvalue weighted by Crippen LogP contribution is -2.48. The quantitative estimate of drug-likeness (QED) is 0.815. The number of carbonyl (C=O) groups excluding carboxylic acids is 3. The molecular formula is C23H27N3O3. The van der Waals surface area contributed by atoms with E-state index in [-0.39, 0.29) is 18.4 Å². The van der Waals surface area contributed by atoms with Gasteiger partial charge in [0.05, 0.1) is 0 Å². The molecule has 6 heteroatoms. The van der Waals surface area contributed by atoms with Crippen LogP contribution in [0.4, 0.5) is 4.79 Å². The summed E-state index contributed by atoms with van der Waals surface area (Å²) >= 11 is 0. The summed E-state index contributed by atoms with van der Waals surface area (Å²) in [5.74, 6) is 0.290. The van der Waals surface area contributed by atoms with Crippen molar-refractivity contribution >= 4 is 28.6 Å². The Morgan fingerprint density at radius 3 is 2.45 bits per heavy atom. The van der Waals surface area contributed by atoms with Crippen molar-refractivity contribution < 1.29 is 14.4 Å². The van der Waals surface area contributed by atoms with Gasteiger partial charge in [-0.1, -0.05) is 56.3 Å². The highest BCUT2D eigenvalue weighted by molar-refractivity contribution is 6.10. The number of nitrogens with one attached hydrogen (secondary N) is 1. The normalized spacial score (nSPS) is 27.4. The number of hydrogen-bond acceptors (Lipinski definition) is 3. The summed E-state index contributed by atoms with van der Waals surface area (Å²) in [7, 11) is 0. The minimum Gasteiger partial charge on any atom is -0.341 e. The highest BCUT2D eigenvalue weighted by Crippen LogP contribution is 2.34. The second-order valence-corrected chi connectivity index (χ2v) is 8.72. The van der Waals surface area contributed by atoms with Gasteiger partial charge in [-0.15, -0.1) is 0 Å². The molecule has 152 valence electrons. The largest absolute Gasteiger partial charge is 0.341 e. The van der Waals surface area contributed by atoms with Gasteiger partial charge in [0.25, 0.3) is 5.91 Å². The monoisotopic (exact) mass is 393 g/mol. The Bertz CT molecular complexity index is 973. The fourth-order valence-corrected chi connectivity index (χ4v) is 4.79. The number of fused-ring (bicyclic) bond motifs is 1. The van der Waals surface area contributed by atoms with E-state index in [4.69, 9.17) is 0 Å². The van der Waals surface area contributed by atoms with Crippen LogP contribution in [0, 0.1) is 11.8 Å². The summed E-state index contributed by atoms with van der Waals surface area (Å²) in [5, 5.41) is 4.75. The van der Waals surface area contributed by atoms with Crippen molar-refractivity contribution in [3.05, 3.63) is 48.0 Å². The number of carbonyl (C=O) groups is 3. The van der Waals surface area contributed by atoms with Gasteiger partial charge in [0.1, 0.15) is 12.1 Å². The highest BCUT2D eigenvalue weighted by atomic mass is 16.2. The van der Waals surface area contributed by atoms with Crippen LogP contribution >= 0.6 is 0 Å². The lowest BCUT2D eigenvalue weighted by Gasteiger charge is -2.35. The van der Waals surface area contributed by atoms with Crippen LogP contribution in [0.3, 0.4) is 0 Å². The molecule has 0 unspecified atom stereocenters. The Morgan fingerprint density at radius 1 is 1.07 bits per heavy atom. The second-order valence-electron chi connectivity index (χ2n) is 8.72. The van der Waals surface area contributed by atoms with Gasteiger partial charge in [-0.25, -0.2) is 4.79 Å². The topological polar surface area (TPSA) is 69.7 Å². The lowest BCUT2D eigenvalue weighted by molar-refractivity contribution is -0.140. The number of nitrogens with zero attached hydrogens (tertiary/aromatic N) is 2. The standard InChI is InChI=1S/C23H27N3O3/c1-15-11-16(2)13-25(12-15)20(27)14-26-21(28)23(3,24-22(26)29)19-10-6-8-17-7-4-5-9-18(17)19/h4-10,15-16H,11-14H2,1-3H3,(H,24,29)/t15-,16-,23+/m0/s1. The van der Waals surface area contributed by atoms with Crippen molar-refractivity contribution in [3.63, 3.8) is 0 Å². The van der Waals surface area contributed by atoms with Crippen molar-refractivity contribution in [1.82, 2.24) is 15.1 Å². The van der Waals surface area contributed by atoms with E-state index in [0.29, 0.717) is 24.9 Å². The van der Waals surface area contributed by atoms with E-state index < -0.39 is 11.6 Å². The summed E-state index contributed by atoms with van der Waals surface area (Å²) < 4.78 is 0. The third-order valence-corrected chi connectivity index (χ3v) is 6.12. The van der Waals surface area contributed by atoms with E-state index in [1.807, 2.05) is 42.5 Å². The zero-order chi connectivity index (χ0) is 20.8. The zero-order valence-corrected chi connectivity index (χ0v) is 17.1. The van der Waals surface area contributed by atoms with Gasteiger partial charge in [-0.05, 0) is 41.5 Å². The molecule has 1 N–H and O–H groups in total. The molecule has 0 aromatic heterocycles. The number of hydrogen-bond donors (Lipinski definition) is 1. The summed E-state index contributed by atoms with van der Waals surface area (Å²) in [4.78, 5) is 41.7. The fraction of sp³-hybridized carbons (Fsp3) is 0.435. The molecule has 6 nitrogen and oxygen atoms in total. The maximum absolute atomic E-state index is 13.3. The summed E-state index contributed by atoms with van der Waals surface area (Å²) in [5.41, 5.74) is -0.454. The van der Waals surface area contributed by atoms with Gasteiger partial charge in [0, 0.05) is 13.1 Å². The third kappa shape index (κ3) is 3.37. The van der Waals surface area contributed by atoms with Crippen LogP contribution in [0.15, 0.2) is 42.5 Å². The van der Waals surface area contributed by atoms with Gasteiger partial charge < -0.3 is 10.2 Å². The molecule has 2 fully saturated rings. The van der Waals surface area contributed by atoms with Gasteiger partial charge in [-0.3, -0.25) is 14.5 Å². The van der Waals surface area contributed by atoms with Crippen molar-refractivity contribution in [3.8, 4) is 0 Å². The van der Waals surface area contributed by atoms with E-state index in [1.165, 1.54) is 0 Å². The van der Waals surface area contributed by atoms with Crippen LogP contribution in [0.2, 0.25) is 0 Å². The molecule has 2 aromatic carbocycles. The molecule has 0 spiro atoms. The number of rotatable bonds is 3. The molecule has 4 amide bonds. The average Bonchev–Trinajstić information content (AvgIpc) is 2.90. The minimum atomic E-state index is -1.19. The summed E-state index contributed by atoms with van der Waals surface area (Å²) in [6.45, 7) is 7.10. The first-order valence-corrected chi connectivity index (χ1v) is 10.2. The van der Waals surface area contributed by atoms with E-state index in [1.54, 1.807) is 11.8 Å². The van der Waals surface area contributed by atoms with Crippen molar-refractivity contribution in [1.29, 1.82) is 0 Å². The highest BCUT2D eigenvalue weighted by Gasteiger charge is 2.50. The molecule has 2 saturated heterocycles. The Hall–Kier alpha value is -2.89. The van der Waals surface area contributed by atoms with Crippen LogP contribution < -0.4 is 5.32 Å². The average molecular weight is 393 g/mol. The van der Waals surface area contributed by atoms with Crippen molar-refractivity contribution in [2.75, 3.05) is 19.6 Å².